The number of carbonyl (C=O) groups is 2. The van der Waals surface area contributed by atoms with Gasteiger partial charge in [-0.15, -0.1) is 0 Å². The number of aromatic nitrogens is 2. The molecule has 21 heavy (non-hydrogen) atoms. The molecule has 1 amide bonds. The van der Waals surface area contributed by atoms with Gasteiger partial charge in [-0.2, -0.15) is 0 Å². The summed E-state index contributed by atoms with van der Waals surface area (Å²) in [6.45, 7) is 7.47. The highest BCUT2D eigenvalue weighted by molar-refractivity contribution is 5.82. The minimum absolute atomic E-state index is 0.0528. The molecular weight excluding hydrogens is 270 g/mol. The molecule has 1 aromatic heterocycles. The van der Waals surface area contributed by atoms with Crippen molar-refractivity contribution in [2.75, 3.05) is 20.2 Å². The topological polar surface area (TPSA) is 64.4 Å². The van der Waals surface area contributed by atoms with E-state index >= 15 is 0 Å². The lowest BCUT2D eigenvalue weighted by Crippen LogP contribution is -2.41. The molecule has 0 unspecified atom stereocenters. The summed E-state index contributed by atoms with van der Waals surface area (Å²) < 4.78 is 6.61. The molecule has 0 radical (unpaired) electrons. The first-order valence-electron chi connectivity index (χ1n) is 7.16. The van der Waals surface area contributed by atoms with Crippen molar-refractivity contribution in [2.45, 2.75) is 40.2 Å². The molecule has 0 aromatic carbocycles. The van der Waals surface area contributed by atoms with Crippen molar-refractivity contribution in [2.24, 2.45) is 5.41 Å². The van der Waals surface area contributed by atoms with E-state index in [1.54, 1.807) is 17.4 Å². The quantitative estimate of drug-likeness (QED) is 0.718. The van der Waals surface area contributed by atoms with E-state index in [0.29, 0.717) is 13.1 Å². The second-order valence-electron chi connectivity index (χ2n) is 6.02. The first-order valence-corrected chi connectivity index (χ1v) is 7.16. The maximum atomic E-state index is 12.4. The van der Waals surface area contributed by atoms with Crippen LogP contribution in [0.1, 0.15) is 33.6 Å². The third kappa shape index (κ3) is 5.97. The fraction of sp³-hybridized carbons (Fsp3) is 0.667. The second-order valence-corrected chi connectivity index (χ2v) is 6.02. The summed E-state index contributed by atoms with van der Waals surface area (Å²) >= 11 is 0. The fourth-order valence-corrected chi connectivity index (χ4v) is 1.98. The van der Waals surface area contributed by atoms with Gasteiger partial charge in [-0.25, -0.2) is 4.98 Å². The summed E-state index contributed by atoms with van der Waals surface area (Å²) in [6.07, 6.45) is 6.42. The molecule has 0 aliphatic rings. The highest BCUT2D eigenvalue weighted by atomic mass is 16.5. The number of methoxy groups -OCH3 is 1. The van der Waals surface area contributed by atoms with Crippen molar-refractivity contribution >= 4 is 11.9 Å². The van der Waals surface area contributed by atoms with Crippen molar-refractivity contribution < 1.29 is 14.3 Å². The normalized spacial score (nSPS) is 11.2. The predicted octanol–water partition coefficient (Wildman–Crippen LogP) is 1.71. The van der Waals surface area contributed by atoms with Crippen LogP contribution in [0.4, 0.5) is 0 Å². The van der Waals surface area contributed by atoms with Crippen LogP contribution in [0.5, 0.6) is 0 Å². The van der Waals surface area contributed by atoms with Crippen molar-refractivity contribution in [1.29, 1.82) is 0 Å². The van der Waals surface area contributed by atoms with Gasteiger partial charge in [0, 0.05) is 37.4 Å². The molecule has 0 saturated carbocycles. The maximum absolute atomic E-state index is 12.4. The number of nitrogens with zero attached hydrogens (tertiary/aromatic N) is 3. The Labute approximate surface area is 126 Å². The lowest BCUT2D eigenvalue weighted by Gasteiger charge is -2.29. The Kier molecular flexibility index (Phi) is 6.39. The minimum atomic E-state index is -0.453. The summed E-state index contributed by atoms with van der Waals surface area (Å²) in [6, 6.07) is 0. The number of rotatable bonds is 7. The Morgan fingerprint density at radius 1 is 1.29 bits per heavy atom. The molecule has 1 heterocycles. The zero-order valence-corrected chi connectivity index (χ0v) is 13.3. The lowest BCUT2D eigenvalue weighted by atomic mass is 9.94. The average molecular weight is 295 g/mol. The molecule has 0 bridgehead atoms. The van der Waals surface area contributed by atoms with Crippen molar-refractivity contribution in [3.05, 3.63) is 18.7 Å². The van der Waals surface area contributed by atoms with Crippen LogP contribution < -0.4 is 0 Å². The highest BCUT2D eigenvalue weighted by Crippen LogP contribution is 2.18. The van der Waals surface area contributed by atoms with E-state index in [9.17, 15) is 9.59 Å². The molecule has 0 saturated heterocycles. The van der Waals surface area contributed by atoms with Crippen LogP contribution in [-0.2, 0) is 20.9 Å². The van der Waals surface area contributed by atoms with E-state index in [1.807, 2.05) is 31.5 Å². The van der Waals surface area contributed by atoms with Gasteiger partial charge in [0.05, 0.1) is 19.9 Å². The van der Waals surface area contributed by atoms with Gasteiger partial charge in [0.2, 0.25) is 5.91 Å². The summed E-state index contributed by atoms with van der Waals surface area (Å²) in [7, 11) is 1.36. The lowest BCUT2D eigenvalue weighted by molar-refractivity contribution is -0.143. The highest BCUT2D eigenvalue weighted by Gasteiger charge is 2.27. The Balaban J connectivity index is 2.54. The van der Waals surface area contributed by atoms with Crippen LogP contribution >= 0.6 is 0 Å². The van der Waals surface area contributed by atoms with E-state index in [1.165, 1.54) is 7.11 Å². The molecule has 1 aromatic rings. The first-order chi connectivity index (χ1) is 9.84. The van der Waals surface area contributed by atoms with E-state index < -0.39 is 5.41 Å². The SMILES string of the molecule is COC(=O)CCN(CCCn1ccnc1)C(=O)C(C)(C)C. The Bertz CT molecular complexity index is 449. The first kappa shape index (κ1) is 17.2. The standard InChI is InChI=1S/C15H25N3O3/c1-15(2,3)14(20)18(10-6-13(19)21-4)9-5-8-17-11-7-16-12-17/h7,11-12H,5-6,8-10H2,1-4H3. The monoisotopic (exact) mass is 295 g/mol. The molecule has 118 valence electrons. The van der Waals surface area contributed by atoms with Gasteiger partial charge in [-0.05, 0) is 6.42 Å². The smallest absolute Gasteiger partial charge is 0.307 e. The van der Waals surface area contributed by atoms with Crippen LogP contribution in [0.15, 0.2) is 18.7 Å². The summed E-state index contributed by atoms with van der Waals surface area (Å²) in [5.41, 5.74) is -0.453. The summed E-state index contributed by atoms with van der Waals surface area (Å²) in [5, 5.41) is 0. The third-order valence-corrected chi connectivity index (χ3v) is 3.15. The molecule has 0 atom stereocenters. The number of hydrogen-bond donors (Lipinski definition) is 0. The molecule has 6 nitrogen and oxygen atoms in total. The second kappa shape index (κ2) is 7.81. The number of carbonyl (C=O) groups excluding carboxylic acids is 2. The fourth-order valence-electron chi connectivity index (χ4n) is 1.98. The van der Waals surface area contributed by atoms with Crippen LogP contribution in [0.25, 0.3) is 0 Å². The number of amides is 1. The molecular formula is C15H25N3O3. The molecule has 0 N–H and O–H groups in total. The van der Waals surface area contributed by atoms with Gasteiger partial charge < -0.3 is 14.2 Å². The van der Waals surface area contributed by atoms with Crippen molar-refractivity contribution in [3.8, 4) is 0 Å². The van der Waals surface area contributed by atoms with Crippen molar-refractivity contribution in [1.82, 2.24) is 14.5 Å². The van der Waals surface area contributed by atoms with Gasteiger partial charge in [0.1, 0.15) is 0 Å². The predicted molar refractivity (Wildman–Crippen MR) is 79.5 cm³/mol. The summed E-state index contributed by atoms with van der Waals surface area (Å²) in [5.74, 6) is -0.242. The van der Waals surface area contributed by atoms with Gasteiger partial charge in [-0.3, -0.25) is 9.59 Å². The van der Waals surface area contributed by atoms with Crippen LogP contribution in [0.2, 0.25) is 0 Å². The Morgan fingerprint density at radius 3 is 2.52 bits per heavy atom. The zero-order chi connectivity index (χ0) is 15.9. The number of imidazole rings is 1. The Morgan fingerprint density at radius 2 is 2.00 bits per heavy atom. The molecule has 1 rings (SSSR count). The number of ether oxygens (including phenoxy) is 1. The summed E-state index contributed by atoms with van der Waals surface area (Å²) in [4.78, 5) is 29.4. The van der Waals surface area contributed by atoms with Gasteiger partial charge in [0.15, 0.2) is 0 Å². The van der Waals surface area contributed by atoms with E-state index in [2.05, 4.69) is 9.72 Å². The van der Waals surface area contributed by atoms with Crippen LogP contribution in [0, 0.1) is 5.41 Å². The number of aryl methyl sites for hydroxylation is 1. The van der Waals surface area contributed by atoms with E-state index in [4.69, 9.17) is 0 Å². The third-order valence-electron chi connectivity index (χ3n) is 3.15. The van der Waals surface area contributed by atoms with E-state index in [0.717, 1.165) is 13.0 Å². The number of esters is 1. The van der Waals surface area contributed by atoms with Crippen LogP contribution in [0.3, 0.4) is 0 Å². The Hall–Kier alpha value is -1.85. The minimum Gasteiger partial charge on any atom is -0.469 e. The van der Waals surface area contributed by atoms with Crippen molar-refractivity contribution in [3.63, 3.8) is 0 Å². The van der Waals surface area contributed by atoms with Gasteiger partial charge >= 0.3 is 5.97 Å². The molecule has 0 spiro atoms. The largest absolute Gasteiger partial charge is 0.469 e. The molecule has 6 heteroatoms. The van der Waals surface area contributed by atoms with Gasteiger partial charge in [0.25, 0.3) is 0 Å². The average Bonchev–Trinajstić information content (AvgIpc) is 2.93. The van der Waals surface area contributed by atoms with Gasteiger partial charge in [-0.1, -0.05) is 20.8 Å². The van der Waals surface area contributed by atoms with Crippen LogP contribution in [-0.4, -0.2) is 46.5 Å². The molecule has 0 aliphatic heterocycles. The van der Waals surface area contributed by atoms with E-state index in [-0.39, 0.29) is 18.3 Å². The maximum Gasteiger partial charge on any atom is 0.307 e. The molecule has 0 aliphatic carbocycles. The molecule has 0 fully saturated rings. The zero-order valence-electron chi connectivity index (χ0n) is 13.3. The number of hydrogen-bond acceptors (Lipinski definition) is 4.